The van der Waals surface area contributed by atoms with E-state index in [9.17, 15) is 22.8 Å². The predicted molar refractivity (Wildman–Crippen MR) is 89.3 cm³/mol. The first-order valence-corrected chi connectivity index (χ1v) is 8.48. The van der Waals surface area contributed by atoms with Gasteiger partial charge in [0.15, 0.2) is 6.29 Å². The first-order valence-electron chi connectivity index (χ1n) is 8.48. The zero-order valence-electron chi connectivity index (χ0n) is 14.7. The van der Waals surface area contributed by atoms with Gasteiger partial charge in [0.25, 0.3) is 0 Å². The molecule has 0 aliphatic heterocycles. The third-order valence-electron chi connectivity index (χ3n) is 4.68. The summed E-state index contributed by atoms with van der Waals surface area (Å²) in [6.45, 7) is 2.51. The minimum Gasteiger partial charge on any atom is -0.469 e. The molecule has 26 heavy (non-hydrogen) atoms. The molecular weight excluding hydrogens is 351 g/mol. The van der Waals surface area contributed by atoms with Crippen LogP contribution in [-0.2, 0) is 9.53 Å². The summed E-state index contributed by atoms with van der Waals surface area (Å²) in [7, 11) is 1.37. The number of halogens is 3. The van der Waals surface area contributed by atoms with E-state index in [2.05, 4.69) is 4.74 Å². The number of ether oxygens (including phenoxy) is 2. The van der Waals surface area contributed by atoms with Crippen molar-refractivity contribution in [2.45, 2.75) is 45.0 Å². The number of carbonyl (C=O) groups excluding carboxylic acids is 2. The van der Waals surface area contributed by atoms with Gasteiger partial charge in [-0.2, -0.15) is 0 Å². The molecule has 1 fully saturated rings. The van der Waals surface area contributed by atoms with Gasteiger partial charge in [-0.05, 0) is 50.8 Å². The number of carbonyl (C=O) groups is 2. The molecule has 0 aromatic heterocycles. The van der Waals surface area contributed by atoms with Gasteiger partial charge in [0.05, 0.1) is 13.0 Å². The molecule has 8 heteroatoms. The van der Waals surface area contributed by atoms with Gasteiger partial charge in [0.1, 0.15) is 5.75 Å². The van der Waals surface area contributed by atoms with Gasteiger partial charge in [-0.15, -0.1) is 13.2 Å². The first kappa shape index (κ1) is 20.1. The summed E-state index contributed by atoms with van der Waals surface area (Å²) in [5, 5.41) is 0. The number of hydrogen-bond donors (Lipinski definition) is 0. The Kier molecular flexibility index (Phi) is 6.50. The Bertz CT molecular complexity index is 640. The van der Waals surface area contributed by atoms with Crippen LogP contribution in [0.1, 0.15) is 43.0 Å². The fourth-order valence-electron chi connectivity index (χ4n) is 3.50. The Hall–Kier alpha value is -2.25. The zero-order chi connectivity index (χ0) is 19.3. The normalized spacial score (nSPS) is 20.3. The van der Waals surface area contributed by atoms with Crippen molar-refractivity contribution >= 4 is 17.9 Å². The van der Waals surface area contributed by atoms with Crippen LogP contribution in [0.4, 0.5) is 18.9 Å². The number of rotatable bonds is 6. The molecule has 0 saturated heterocycles. The third kappa shape index (κ3) is 4.89. The average molecular weight is 373 g/mol. The second kappa shape index (κ2) is 8.42. The standard InChI is InChI=1S/C18H22F3NO4/c1-3-22(14-6-4-12(5-7-14)17(24)25-2)16-9-8-15(10-13(16)11-23)26-18(19,20)21/h8-12,14H,3-7H2,1-2H3. The molecule has 1 aliphatic rings. The fourth-order valence-corrected chi connectivity index (χ4v) is 3.50. The Morgan fingerprint density at radius 3 is 2.42 bits per heavy atom. The van der Waals surface area contributed by atoms with Crippen molar-refractivity contribution in [3.8, 4) is 5.75 Å². The van der Waals surface area contributed by atoms with E-state index < -0.39 is 12.1 Å². The SMILES string of the molecule is CCN(c1ccc(OC(F)(F)F)cc1C=O)C1CCC(C(=O)OC)CC1. The molecule has 1 aliphatic carbocycles. The summed E-state index contributed by atoms with van der Waals surface area (Å²) < 4.78 is 45.8. The number of hydrogen-bond acceptors (Lipinski definition) is 5. The van der Waals surface area contributed by atoms with Gasteiger partial charge < -0.3 is 14.4 Å². The van der Waals surface area contributed by atoms with Crippen molar-refractivity contribution in [3.05, 3.63) is 23.8 Å². The molecular formula is C18H22F3NO4. The van der Waals surface area contributed by atoms with Gasteiger partial charge >= 0.3 is 12.3 Å². The summed E-state index contributed by atoms with van der Waals surface area (Å²) in [4.78, 5) is 25.0. The van der Waals surface area contributed by atoms with Crippen LogP contribution in [0.25, 0.3) is 0 Å². The molecule has 1 aromatic carbocycles. The maximum absolute atomic E-state index is 12.4. The molecule has 0 unspecified atom stereocenters. The Morgan fingerprint density at radius 2 is 1.92 bits per heavy atom. The lowest BCUT2D eigenvalue weighted by atomic mass is 9.85. The monoisotopic (exact) mass is 373 g/mol. The number of benzene rings is 1. The van der Waals surface area contributed by atoms with Crippen LogP contribution in [0.5, 0.6) is 5.75 Å². The van der Waals surface area contributed by atoms with Crippen LogP contribution in [0, 0.1) is 5.92 Å². The molecule has 1 saturated carbocycles. The zero-order valence-corrected chi connectivity index (χ0v) is 14.7. The Balaban J connectivity index is 2.17. The molecule has 5 nitrogen and oxygen atoms in total. The molecule has 0 N–H and O–H groups in total. The van der Waals surface area contributed by atoms with E-state index in [4.69, 9.17) is 4.74 Å². The summed E-state index contributed by atoms with van der Waals surface area (Å²) >= 11 is 0. The van der Waals surface area contributed by atoms with Gasteiger partial charge in [-0.3, -0.25) is 9.59 Å². The van der Waals surface area contributed by atoms with E-state index in [1.54, 1.807) is 0 Å². The van der Waals surface area contributed by atoms with E-state index >= 15 is 0 Å². The number of aldehydes is 1. The molecule has 1 aromatic rings. The largest absolute Gasteiger partial charge is 0.573 e. The van der Waals surface area contributed by atoms with Crippen LogP contribution >= 0.6 is 0 Å². The second-order valence-electron chi connectivity index (χ2n) is 6.20. The number of methoxy groups -OCH3 is 1. The molecule has 144 valence electrons. The second-order valence-corrected chi connectivity index (χ2v) is 6.20. The highest BCUT2D eigenvalue weighted by Crippen LogP contribution is 2.34. The van der Waals surface area contributed by atoms with Crippen LogP contribution in [0.3, 0.4) is 0 Å². The molecule has 0 spiro atoms. The van der Waals surface area contributed by atoms with Crippen molar-refractivity contribution in [1.29, 1.82) is 0 Å². The average Bonchev–Trinajstić information content (AvgIpc) is 2.61. The van der Waals surface area contributed by atoms with Crippen molar-refractivity contribution < 1.29 is 32.2 Å². The van der Waals surface area contributed by atoms with Gasteiger partial charge in [0, 0.05) is 23.8 Å². The quantitative estimate of drug-likeness (QED) is 0.558. The topological polar surface area (TPSA) is 55.8 Å². The van der Waals surface area contributed by atoms with E-state index in [0.29, 0.717) is 31.4 Å². The van der Waals surface area contributed by atoms with E-state index in [1.807, 2.05) is 11.8 Å². The van der Waals surface area contributed by atoms with Crippen molar-refractivity contribution in [2.24, 2.45) is 5.92 Å². The summed E-state index contributed by atoms with van der Waals surface area (Å²) in [6, 6.07) is 3.88. The minimum atomic E-state index is -4.81. The Morgan fingerprint density at radius 1 is 1.27 bits per heavy atom. The summed E-state index contributed by atoms with van der Waals surface area (Å²) in [5.41, 5.74) is 0.710. The van der Waals surface area contributed by atoms with Gasteiger partial charge in [-0.1, -0.05) is 0 Å². The molecule has 0 heterocycles. The maximum atomic E-state index is 12.4. The molecule has 0 radical (unpaired) electrons. The van der Waals surface area contributed by atoms with E-state index in [1.165, 1.54) is 19.2 Å². The number of nitrogens with zero attached hydrogens (tertiary/aromatic N) is 1. The lowest BCUT2D eigenvalue weighted by molar-refractivity contribution is -0.274. The molecule has 0 amide bonds. The number of alkyl halides is 3. The van der Waals surface area contributed by atoms with Crippen molar-refractivity contribution in [2.75, 3.05) is 18.6 Å². The van der Waals surface area contributed by atoms with Crippen LogP contribution < -0.4 is 9.64 Å². The molecule has 2 rings (SSSR count). The highest BCUT2D eigenvalue weighted by molar-refractivity contribution is 5.85. The smallest absolute Gasteiger partial charge is 0.469 e. The van der Waals surface area contributed by atoms with Gasteiger partial charge in [0.2, 0.25) is 0 Å². The van der Waals surface area contributed by atoms with Crippen LogP contribution in [-0.4, -0.2) is 38.3 Å². The number of anilines is 1. The van der Waals surface area contributed by atoms with Gasteiger partial charge in [-0.25, -0.2) is 0 Å². The molecule has 0 bridgehead atoms. The number of esters is 1. The first-order chi connectivity index (χ1) is 12.3. The summed E-state index contributed by atoms with van der Waals surface area (Å²) in [6.07, 6.45) is -1.43. The molecule has 0 atom stereocenters. The Labute approximate surface area is 150 Å². The highest BCUT2D eigenvalue weighted by Gasteiger charge is 2.32. The summed E-state index contributed by atoms with van der Waals surface area (Å²) in [5.74, 6) is -0.759. The van der Waals surface area contributed by atoms with Crippen molar-refractivity contribution in [3.63, 3.8) is 0 Å². The maximum Gasteiger partial charge on any atom is 0.573 e. The minimum absolute atomic E-state index is 0.106. The van der Waals surface area contributed by atoms with Crippen molar-refractivity contribution in [1.82, 2.24) is 0 Å². The fraction of sp³-hybridized carbons (Fsp3) is 0.556. The predicted octanol–water partition coefficient (Wildman–Crippen LogP) is 3.96. The third-order valence-corrected chi connectivity index (χ3v) is 4.68. The lowest BCUT2D eigenvalue weighted by Crippen LogP contribution is -2.39. The van der Waals surface area contributed by atoms with E-state index in [-0.39, 0.29) is 23.5 Å². The van der Waals surface area contributed by atoms with E-state index in [0.717, 1.165) is 18.9 Å². The lowest BCUT2D eigenvalue weighted by Gasteiger charge is -2.37. The van der Waals surface area contributed by atoms with Crippen LogP contribution in [0.2, 0.25) is 0 Å². The van der Waals surface area contributed by atoms with Crippen LogP contribution in [0.15, 0.2) is 18.2 Å². The highest BCUT2D eigenvalue weighted by atomic mass is 19.4.